The summed E-state index contributed by atoms with van der Waals surface area (Å²) < 4.78 is 18.1. The fourth-order valence-electron chi connectivity index (χ4n) is 2.05. The van der Waals surface area contributed by atoms with Gasteiger partial charge in [0.05, 0.1) is 6.10 Å². The van der Waals surface area contributed by atoms with E-state index in [2.05, 4.69) is 5.32 Å². The van der Waals surface area contributed by atoms with Crippen LogP contribution in [0.25, 0.3) is 0 Å². The van der Waals surface area contributed by atoms with Crippen molar-refractivity contribution in [3.8, 4) is 0 Å². The first-order valence-electron chi connectivity index (χ1n) is 5.31. The smallest absolute Gasteiger partial charge is 0.123 e. The molecule has 1 aliphatic rings. The van der Waals surface area contributed by atoms with Crippen molar-refractivity contribution in [1.29, 1.82) is 0 Å². The molecule has 0 spiro atoms. The topological polar surface area (TPSA) is 21.3 Å². The zero-order valence-corrected chi connectivity index (χ0v) is 8.87. The van der Waals surface area contributed by atoms with Crippen molar-refractivity contribution in [2.75, 3.05) is 13.7 Å². The Kier molecular flexibility index (Phi) is 3.34. The van der Waals surface area contributed by atoms with Gasteiger partial charge in [-0.15, -0.1) is 0 Å². The van der Waals surface area contributed by atoms with E-state index in [0.717, 1.165) is 24.9 Å². The minimum Gasteiger partial charge on any atom is -0.381 e. The molecule has 1 saturated heterocycles. The van der Waals surface area contributed by atoms with Gasteiger partial charge in [0, 0.05) is 13.2 Å². The molecule has 3 heteroatoms. The Morgan fingerprint density at radius 1 is 1.33 bits per heavy atom. The SMILES string of the molecule is CO[C@H]1CCN[C@H](c2ccc(F)cc2)C1. The minimum atomic E-state index is -0.183. The number of methoxy groups -OCH3 is 1. The highest BCUT2D eigenvalue weighted by molar-refractivity contribution is 5.20. The molecule has 1 aliphatic heterocycles. The second kappa shape index (κ2) is 4.73. The summed E-state index contributed by atoms with van der Waals surface area (Å²) in [4.78, 5) is 0. The fourth-order valence-corrected chi connectivity index (χ4v) is 2.05. The van der Waals surface area contributed by atoms with E-state index >= 15 is 0 Å². The lowest BCUT2D eigenvalue weighted by Gasteiger charge is -2.29. The van der Waals surface area contributed by atoms with Crippen LogP contribution in [0, 0.1) is 5.82 Å². The summed E-state index contributed by atoms with van der Waals surface area (Å²) in [6.07, 6.45) is 2.33. The number of rotatable bonds is 2. The predicted molar refractivity (Wildman–Crippen MR) is 57.2 cm³/mol. The third-order valence-corrected chi connectivity index (χ3v) is 2.96. The molecule has 2 nitrogen and oxygen atoms in total. The first-order valence-corrected chi connectivity index (χ1v) is 5.31. The van der Waals surface area contributed by atoms with Crippen molar-refractivity contribution in [3.63, 3.8) is 0 Å². The highest BCUT2D eigenvalue weighted by Gasteiger charge is 2.22. The highest BCUT2D eigenvalue weighted by Crippen LogP contribution is 2.24. The number of piperidine rings is 1. The van der Waals surface area contributed by atoms with E-state index in [-0.39, 0.29) is 5.82 Å². The Bertz CT molecular complexity index is 312. The van der Waals surface area contributed by atoms with Gasteiger partial charge in [-0.05, 0) is 37.1 Å². The maximum absolute atomic E-state index is 12.8. The molecular weight excluding hydrogens is 193 g/mol. The molecule has 1 N–H and O–H groups in total. The average Bonchev–Trinajstić information content (AvgIpc) is 2.30. The van der Waals surface area contributed by atoms with Crippen LogP contribution in [0.3, 0.4) is 0 Å². The van der Waals surface area contributed by atoms with Crippen molar-refractivity contribution >= 4 is 0 Å². The van der Waals surface area contributed by atoms with Crippen LogP contribution in [0.2, 0.25) is 0 Å². The van der Waals surface area contributed by atoms with E-state index in [0.29, 0.717) is 12.1 Å². The van der Waals surface area contributed by atoms with Crippen molar-refractivity contribution in [3.05, 3.63) is 35.6 Å². The van der Waals surface area contributed by atoms with Gasteiger partial charge in [-0.3, -0.25) is 0 Å². The summed E-state index contributed by atoms with van der Waals surface area (Å²) in [5, 5.41) is 3.42. The first-order chi connectivity index (χ1) is 7.29. The summed E-state index contributed by atoms with van der Waals surface area (Å²) in [5.41, 5.74) is 1.14. The second-order valence-corrected chi connectivity index (χ2v) is 3.94. The standard InChI is InChI=1S/C12H16FNO/c1-15-11-6-7-14-12(8-11)9-2-4-10(13)5-3-9/h2-5,11-12,14H,6-8H2,1H3/t11-,12-/m0/s1. The zero-order chi connectivity index (χ0) is 10.7. The van der Waals surface area contributed by atoms with Gasteiger partial charge < -0.3 is 10.1 Å². The summed E-state index contributed by atoms with van der Waals surface area (Å²) in [6, 6.07) is 6.99. The molecule has 1 fully saturated rings. The molecule has 0 unspecified atom stereocenters. The van der Waals surface area contributed by atoms with Gasteiger partial charge >= 0.3 is 0 Å². The zero-order valence-electron chi connectivity index (χ0n) is 8.87. The predicted octanol–water partition coefficient (Wildman–Crippen LogP) is 2.27. The summed E-state index contributed by atoms with van der Waals surface area (Å²) in [6.45, 7) is 0.959. The molecule has 2 rings (SSSR count). The van der Waals surface area contributed by atoms with Crippen molar-refractivity contribution < 1.29 is 9.13 Å². The number of nitrogens with one attached hydrogen (secondary N) is 1. The molecule has 0 bridgehead atoms. The lowest BCUT2D eigenvalue weighted by molar-refractivity contribution is 0.0619. The first kappa shape index (κ1) is 10.6. The molecule has 0 radical (unpaired) electrons. The third kappa shape index (κ3) is 2.55. The van der Waals surface area contributed by atoms with Gasteiger partial charge in [0.1, 0.15) is 5.82 Å². The Labute approximate surface area is 89.4 Å². The lowest BCUT2D eigenvalue weighted by atomic mass is 9.95. The number of hydrogen-bond acceptors (Lipinski definition) is 2. The average molecular weight is 209 g/mol. The molecule has 0 saturated carbocycles. The van der Waals surface area contributed by atoms with Crippen LogP contribution in [-0.4, -0.2) is 19.8 Å². The summed E-state index contributed by atoms with van der Waals surface area (Å²) in [7, 11) is 1.75. The van der Waals surface area contributed by atoms with Gasteiger partial charge in [0.15, 0.2) is 0 Å². The Morgan fingerprint density at radius 3 is 2.73 bits per heavy atom. The van der Waals surface area contributed by atoms with Crippen LogP contribution < -0.4 is 5.32 Å². The van der Waals surface area contributed by atoms with Crippen LogP contribution >= 0.6 is 0 Å². The molecule has 15 heavy (non-hydrogen) atoms. The molecule has 0 aromatic heterocycles. The second-order valence-electron chi connectivity index (χ2n) is 3.94. The van der Waals surface area contributed by atoms with Crippen molar-refractivity contribution in [2.45, 2.75) is 25.0 Å². The van der Waals surface area contributed by atoms with Gasteiger partial charge in [0.25, 0.3) is 0 Å². The number of halogens is 1. The molecule has 82 valence electrons. The molecular formula is C12H16FNO. The van der Waals surface area contributed by atoms with Gasteiger partial charge in [0.2, 0.25) is 0 Å². The molecule has 2 atom stereocenters. The van der Waals surface area contributed by atoms with Crippen molar-refractivity contribution in [1.82, 2.24) is 5.32 Å². The Balaban J connectivity index is 2.06. The normalized spacial score (nSPS) is 26.5. The van der Waals surface area contributed by atoms with Crippen LogP contribution in [0.1, 0.15) is 24.4 Å². The van der Waals surface area contributed by atoms with E-state index < -0.39 is 0 Å². The van der Waals surface area contributed by atoms with E-state index in [9.17, 15) is 4.39 Å². The number of hydrogen-bond donors (Lipinski definition) is 1. The summed E-state index contributed by atoms with van der Waals surface area (Å²) >= 11 is 0. The van der Waals surface area contributed by atoms with Crippen LogP contribution in [0.4, 0.5) is 4.39 Å². The highest BCUT2D eigenvalue weighted by atomic mass is 19.1. The molecule has 1 aromatic carbocycles. The number of ether oxygens (including phenoxy) is 1. The van der Waals surface area contributed by atoms with Crippen LogP contribution in [-0.2, 0) is 4.74 Å². The van der Waals surface area contributed by atoms with Gasteiger partial charge in [-0.25, -0.2) is 4.39 Å². The van der Waals surface area contributed by atoms with Crippen LogP contribution in [0.5, 0.6) is 0 Å². The minimum absolute atomic E-state index is 0.183. The Morgan fingerprint density at radius 2 is 2.07 bits per heavy atom. The maximum Gasteiger partial charge on any atom is 0.123 e. The Hall–Kier alpha value is -0.930. The lowest BCUT2D eigenvalue weighted by Crippen LogP contribution is -2.35. The summed E-state index contributed by atoms with van der Waals surface area (Å²) in [5.74, 6) is -0.183. The van der Waals surface area contributed by atoms with Crippen molar-refractivity contribution in [2.24, 2.45) is 0 Å². The van der Waals surface area contributed by atoms with Crippen LogP contribution in [0.15, 0.2) is 24.3 Å². The van der Waals surface area contributed by atoms with E-state index in [1.807, 2.05) is 12.1 Å². The number of benzene rings is 1. The molecule has 0 amide bonds. The van der Waals surface area contributed by atoms with Gasteiger partial charge in [-0.2, -0.15) is 0 Å². The molecule has 0 aliphatic carbocycles. The van der Waals surface area contributed by atoms with E-state index in [4.69, 9.17) is 4.74 Å². The van der Waals surface area contributed by atoms with E-state index in [1.165, 1.54) is 12.1 Å². The monoisotopic (exact) mass is 209 g/mol. The quantitative estimate of drug-likeness (QED) is 0.806. The van der Waals surface area contributed by atoms with E-state index in [1.54, 1.807) is 7.11 Å². The third-order valence-electron chi connectivity index (χ3n) is 2.96. The largest absolute Gasteiger partial charge is 0.381 e. The fraction of sp³-hybridized carbons (Fsp3) is 0.500. The van der Waals surface area contributed by atoms with Gasteiger partial charge in [-0.1, -0.05) is 12.1 Å². The molecule has 1 aromatic rings. The maximum atomic E-state index is 12.8. The molecule has 1 heterocycles.